The van der Waals surface area contributed by atoms with E-state index in [1.54, 1.807) is 7.05 Å². The van der Waals surface area contributed by atoms with Crippen LogP contribution in [-0.4, -0.2) is 70.9 Å². The highest BCUT2D eigenvalue weighted by atomic mass is 16.5. The summed E-state index contributed by atoms with van der Waals surface area (Å²) in [5.41, 5.74) is 0.120. The number of rotatable bonds is 2. The van der Waals surface area contributed by atoms with Crippen molar-refractivity contribution in [1.29, 1.82) is 0 Å². The van der Waals surface area contributed by atoms with Crippen molar-refractivity contribution >= 4 is 5.91 Å². The van der Waals surface area contributed by atoms with Gasteiger partial charge in [-0.2, -0.15) is 5.10 Å². The zero-order chi connectivity index (χ0) is 15.7. The number of ether oxygens (including phenoxy) is 1. The Balaban J connectivity index is 1.71. The first-order valence-corrected chi connectivity index (χ1v) is 7.71. The van der Waals surface area contributed by atoms with Crippen molar-refractivity contribution in [2.75, 3.05) is 39.4 Å². The van der Waals surface area contributed by atoms with Crippen LogP contribution >= 0.6 is 0 Å². The molecule has 1 amide bonds. The summed E-state index contributed by atoms with van der Waals surface area (Å²) in [4.78, 5) is 28.2. The first kappa shape index (κ1) is 15.2. The molecule has 1 aromatic rings. The standard InChI is InChI=1S/C15H22N4O3/c1-11-9-19(10-13(11)18-5-7-22-8-6-18)15(21)12-3-4-14(20)17(2)16-12/h3-4,11,13H,5-10H2,1-2H3/t11-,13-/m1/s1. The van der Waals surface area contributed by atoms with Crippen LogP contribution in [0.3, 0.4) is 0 Å². The van der Waals surface area contributed by atoms with Crippen LogP contribution in [0.4, 0.5) is 0 Å². The number of carbonyl (C=O) groups excluding carboxylic acids is 1. The van der Waals surface area contributed by atoms with Crippen molar-refractivity contribution in [2.24, 2.45) is 13.0 Å². The van der Waals surface area contributed by atoms with Gasteiger partial charge in [0.2, 0.25) is 0 Å². The molecule has 0 radical (unpaired) electrons. The van der Waals surface area contributed by atoms with Crippen molar-refractivity contribution in [2.45, 2.75) is 13.0 Å². The molecule has 1 aromatic heterocycles. The molecule has 0 aromatic carbocycles. The molecule has 22 heavy (non-hydrogen) atoms. The maximum absolute atomic E-state index is 12.6. The van der Waals surface area contributed by atoms with E-state index in [0.29, 0.717) is 24.2 Å². The minimum absolute atomic E-state index is 0.0989. The van der Waals surface area contributed by atoms with Crippen LogP contribution in [-0.2, 0) is 11.8 Å². The molecule has 0 unspecified atom stereocenters. The van der Waals surface area contributed by atoms with Crippen LogP contribution in [0.2, 0.25) is 0 Å². The highest BCUT2D eigenvalue weighted by molar-refractivity contribution is 5.92. The van der Waals surface area contributed by atoms with Gasteiger partial charge in [0.25, 0.3) is 11.5 Å². The molecule has 0 bridgehead atoms. The van der Waals surface area contributed by atoms with E-state index >= 15 is 0 Å². The summed E-state index contributed by atoms with van der Waals surface area (Å²) in [5, 5.41) is 4.06. The molecule has 2 fully saturated rings. The van der Waals surface area contributed by atoms with Crippen LogP contribution in [0.15, 0.2) is 16.9 Å². The minimum atomic E-state index is -0.211. The topological polar surface area (TPSA) is 67.7 Å². The molecule has 2 aliphatic heterocycles. The molecule has 7 heteroatoms. The Morgan fingerprint density at radius 1 is 1.27 bits per heavy atom. The van der Waals surface area contributed by atoms with E-state index < -0.39 is 0 Å². The minimum Gasteiger partial charge on any atom is -0.379 e. The van der Waals surface area contributed by atoms with Gasteiger partial charge in [0.1, 0.15) is 5.69 Å². The lowest BCUT2D eigenvalue weighted by Crippen LogP contribution is -2.47. The number of likely N-dealkylation sites (tertiary alicyclic amines) is 1. The summed E-state index contributed by atoms with van der Waals surface area (Å²) < 4.78 is 6.60. The highest BCUT2D eigenvalue weighted by Crippen LogP contribution is 2.23. The fraction of sp³-hybridized carbons (Fsp3) is 0.667. The first-order valence-electron chi connectivity index (χ1n) is 7.71. The van der Waals surface area contributed by atoms with Gasteiger partial charge in [-0.05, 0) is 12.0 Å². The van der Waals surface area contributed by atoms with Crippen LogP contribution in [0.1, 0.15) is 17.4 Å². The van der Waals surface area contributed by atoms with Crippen molar-refractivity contribution in [3.8, 4) is 0 Å². The van der Waals surface area contributed by atoms with Gasteiger partial charge >= 0.3 is 0 Å². The quantitative estimate of drug-likeness (QED) is 0.742. The third-order valence-corrected chi connectivity index (χ3v) is 4.55. The Morgan fingerprint density at radius 2 is 2.00 bits per heavy atom. The second-order valence-corrected chi connectivity index (χ2v) is 6.08. The van der Waals surface area contributed by atoms with Crippen LogP contribution in [0, 0.1) is 5.92 Å². The molecule has 0 aliphatic carbocycles. The van der Waals surface area contributed by atoms with Gasteiger partial charge in [-0.1, -0.05) is 6.92 Å². The number of hydrogen-bond acceptors (Lipinski definition) is 5. The SMILES string of the molecule is C[C@@H]1CN(C(=O)c2ccc(=O)n(C)n2)C[C@H]1N1CCOCC1. The first-order chi connectivity index (χ1) is 10.6. The third-order valence-electron chi connectivity index (χ3n) is 4.55. The Kier molecular flexibility index (Phi) is 4.26. The number of nitrogens with zero attached hydrogens (tertiary/aromatic N) is 4. The monoisotopic (exact) mass is 306 g/mol. The van der Waals surface area contributed by atoms with Gasteiger partial charge in [0, 0.05) is 45.3 Å². The van der Waals surface area contributed by atoms with Gasteiger partial charge in [-0.15, -0.1) is 0 Å². The number of morpholine rings is 1. The normalized spacial score (nSPS) is 26.4. The molecule has 2 aliphatic rings. The zero-order valence-corrected chi connectivity index (χ0v) is 13.1. The summed E-state index contributed by atoms with van der Waals surface area (Å²) in [6.45, 7) is 7.00. The van der Waals surface area contributed by atoms with Crippen LogP contribution in [0.5, 0.6) is 0 Å². The van der Waals surface area contributed by atoms with Gasteiger partial charge in [-0.25, -0.2) is 4.68 Å². The lowest BCUT2D eigenvalue weighted by Gasteiger charge is -2.33. The second kappa shape index (κ2) is 6.18. The fourth-order valence-electron chi connectivity index (χ4n) is 3.28. The summed E-state index contributed by atoms with van der Waals surface area (Å²) in [6, 6.07) is 3.27. The van der Waals surface area contributed by atoms with E-state index in [1.807, 2.05) is 4.90 Å². The molecule has 0 spiro atoms. The molecule has 3 rings (SSSR count). The van der Waals surface area contributed by atoms with E-state index in [1.165, 1.54) is 16.8 Å². The predicted molar refractivity (Wildman–Crippen MR) is 80.7 cm³/mol. The van der Waals surface area contributed by atoms with E-state index in [0.717, 1.165) is 32.8 Å². The van der Waals surface area contributed by atoms with Gasteiger partial charge in [0.05, 0.1) is 13.2 Å². The Bertz CT molecular complexity index is 609. The maximum atomic E-state index is 12.6. The summed E-state index contributed by atoms with van der Waals surface area (Å²) in [6.07, 6.45) is 0. The largest absolute Gasteiger partial charge is 0.379 e. The third kappa shape index (κ3) is 2.91. The highest BCUT2D eigenvalue weighted by Gasteiger charge is 2.37. The average Bonchev–Trinajstić information content (AvgIpc) is 2.92. The lowest BCUT2D eigenvalue weighted by molar-refractivity contribution is 0.0119. The van der Waals surface area contributed by atoms with E-state index in [4.69, 9.17) is 4.74 Å². The number of amides is 1. The van der Waals surface area contributed by atoms with Gasteiger partial charge in [0.15, 0.2) is 0 Å². The van der Waals surface area contributed by atoms with E-state index in [2.05, 4.69) is 16.9 Å². The lowest BCUT2D eigenvalue weighted by atomic mass is 10.0. The average molecular weight is 306 g/mol. The van der Waals surface area contributed by atoms with Crippen molar-refractivity contribution in [3.63, 3.8) is 0 Å². The number of aryl methyl sites for hydroxylation is 1. The van der Waals surface area contributed by atoms with Crippen molar-refractivity contribution < 1.29 is 9.53 Å². The van der Waals surface area contributed by atoms with Crippen molar-refractivity contribution in [1.82, 2.24) is 19.6 Å². The molecule has 120 valence electrons. The molecular weight excluding hydrogens is 284 g/mol. The molecule has 2 atom stereocenters. The van der Waals surface area contributed by atoms with Gasteiger partial charge < -0.3 is 9.64 Å². The number of aromatic nitrogens is 2. The van der Waals surface area contributed by atoms with Crippen molar-refractivity contribution in [3.05, 3.63) is 28.2 Å². The van der Waals surface area contributed by atoms with E-state index in [9.17, 15) is 9.59 Å². The summed E-state index contributed by atoms with van der Waals surface area (Å²) in [5.74, 6) is 0.327. The smallest absolute Gasteiger partial charge is 0.274 e. The molecule has 0 saturated carbocycles. The summed E-state index contributed by atoms with van der Waals surface area (Å²) in [7, 11) is 1.56. The Labute approximate surface area is 129 Å². The van der Waals surface area contributed by atoms with Gasteiger partial charge in [-0.3, -0.25) is 14.5 Å². The Morgan fingerprint density at radius 3 is 2.68 bits per heavy atom. The summed E-state index contributed by atoms with van der Waals surface area (Å²) >= 11 is 0. The molecule has 7 nitrogen and oxygen atoms in total. The van der Waals surface area contributed by atoms with E-state index in [-0.39, 0.29) is 11.5 Å². The zero-order valence-electron chi connectivity index (χ0n) is 13.1. The van der Waals surface area contributed by atoms with Crippen LogP contribution in [0.25, 0.3) is 0 Å². The molecule has 2 saturated heterocycles. The second-order valence-electron chi connectivity index (χ2n) is 6.08. The number of carbonyl (C=O) groups is 1. The number of hydrogen-bond donors (Lipinski definition) is 0. The predicted octanol–water partition coefficient (Wildman–Crippen LogP) is -0.427. The Hall–Kier alpha value is -1.73. The fourth-order valence-corrected chi connectivity index (χ4v) is 3.28. The van der Waals surface area contributed by atoms with Crippen LogP contribution < -0.4 is 5.56 Å². The molecule has 0 N–H and O–H groups in total. The molecule has 3 heterocycles. The maximum Gasteiger partial charge on any atom is 0.274 e. The molecular formula is C15H22N4O3.